The van der Waals surface area contributed by atoms with Crippen LogP contribution >= 0.6 is 0 Å². The van der Waals surface area contributed by atoms with Gasteiger partial charge < -0.3 is 28.8 Å². The lowest BCUT2D eigenvalue weighted by molar-refractivity contribution is -0.254. The van der Waals surface area contributed by atoms with Crippen LogP contribution in [0.25, 0.3) is 0 Å². The Morgan fingerprint density at radius 2 is 1.78 bits per heavy atom. The van der Waals surface area contributed by atoms with Crippen LogP contribution in [-0.4, -0.2) is 92.2 Å². The SMILES string of the molecule is CC12CC[C@@]34CC35CC[C@H](OC3CN(C6COC6)CCO3)C(C)(C)C5CCC4C1[C@@H](O)C1OC(COC(=O)C3CCC3)CCC12. The van der Waals surface area contributed by atoms with Gasteiger partial charge >= 0.3 is 5.97 Å². The van der Waals surface area contributed by atoms with Gasteiger partial charge in [0, 0.05) is 6.54 Å². The molecule has 3 aliphatic heterocycles. The molecule has 0 aromatic rings. The minimum Gasteiger partial charge on any atom is -0.463 e. The molecule has 9 fully saturated rings. The predicted molar refractivity (Wildman–Crippen MR) is 166 cm³/mol. The van der Waals surface area contributed by atoms with E-state index in [9.17, 15) is 9.90 Å². The third-order valence-corrected chi connectivity index (χ3v) is 16.0. The number of ether oxygens (including phenoxy) is 5. The van der Waals surface area contributed by atoms with E-state index in [2.05, 4.69) is 25.7 Å². The van der Waals surface area contributed by atoms with Gasteiger partial charge in [-0.1, -0.05) is 27.2 Å². The van der Waals surface area contributed by atoms with Gasteiger partial charge in [-0.05, 0) is 116 Å². The Bertz CT molecular complexity index is 1170. The van der Waals surface area contributed by atoms with Gasteiger partial charge in [-0.15, -0.1) is 0 Å². The number of carbonyl (C=O) groups excluding carboxylic acids is 1. The summed E-state index contributed by atoms with van der Waals surface area (Å²) in [5.74, 6) is 2.02. The molecule has 3 heterocycles. The van der Waals surface area contributed by atoms with Crippen LogP contribution in [0, 0.1) is 51.2 Å². The van der Waals surface area contributed by atoms with Gasteiger partial charge in [-0.25, -0.2) is 0 Å². The third-order valence-electron chi connectivity index (χ3n) is 16.0. The van der Waals surface area contributed by atoms with Crippen molar-refractivity contribution in [2.45, 2.75) is 135 Å². The first kappa shape index (κ1) is 30.3. The van der Waals surface area contributed by atoms with Crippen molar-refractivity contribution in [1.29, 1.82) is 0 Å². The van der Waals surface area contributed by atoms with Crippen LogP contribution in [0.2, 0.25) is 0 Å². The lowest BCUT2D eigenvalue weighted by Gasteiger charge is -2.60. The molecule has 45 heavy (non-hydrogen) atoms. The highest BCUT2D eigenvalue weighted by Crippen LogP contribution is 2.87. The Morgan fingerprint density at radius 3 is 2.53 bits per heavy atom. The van der Waals surface area contributed by atoms with E-state index < -0.39 is 6.10 Å². The second-order valence-corrected chi connectivity index (χ2v) is 17.9. The lowest BCUT2D eigenvalue weighted by Crippen LogP contribution is -2.58. The van der Waals surface area contributed by atoms with E-state index in [1.165, 1.54) is 38.5 Å². The van der Waals surface area contributed by atoms with E-state index >= 15 is 0 Å². The molecule has 9 unspecified atom stereocenters. The molecule has 0 aromatic heterocycles. The number of fused-ring (bicyclic) bond motifs is 4. The number of nitrogens with zero attached hydrogens (tertiary/aromatic N) is 1. The summed E-state index contributed by atoms with van der Waals surface area (Å²) in [5, 5.41) is 12.1. The van der Waals surface area contributed by atoms with Gasteiger partial charge in [-0.2, -0.15) is 0 Å². The van der Waals surface area contributed by atoms with Crippen LogP contribution < -0.4 is 0 Å². The van der Waals surface area contributed by atoms with E-state index in [-0.39, 0.29) is 47.3 Å². The number of hydrogen-bond acceptors (Lipinski definition) is 8. The highest BCUT2D eigenvalue weighted by atomic mass is 16.7. The Kier molecular flexibility index (Phi) is 7.15. The van der Waals surface area contributed by atoms with Crippen LogP contribution in [0.3, 0.4) is 0 Å². The molecular formula is C37H57NO7. The molecular weight excluding hydrogens is 570 g/mol. The number of hydrogen-bond donors (Lipinski definition) is 1. The molecule has 6 aliphatic carbocycles. The molecule has 0 bridgehead atoms. The smallest absolute Gasteiger partial charge is 0.309 e. The standard InChI is InChI=1S/C37H57NO7/c1-34(2)27-10-9-25-30-31(39)32-26(8-7-24(44-32)20-43-33(40)22-5-4-6-22)35(30,3)13-14-36(25)21-37(27,36)12-11-28(34)45-29-17-38(15-16-42-29)23-18-41-19-23/h22-32,39H,4-21H2,1-3H3/t24?,25?,26?,27?,28-,29?,30?,31+,32?,35?,36-,37?/m0/s1. The van der Waals surface area contributed by atoms with Gasteiger partial charge in [0.15, 0.2) is 6.29 Å². The van der Waals surface area contributed by atoms with Crippen molar-refractivity contribution in [1.82, 2.24) is 4.90 Å². The molecule has 9 rings (SSSR count). The van der Waals surface area contributed by atoms with E-state index in [0.29, 0.717) is 47.2 Å². The molecule has 1 N–H and O–H groups in total. The number of aliphatic hydroxyl groups is 1. The monoisotopic (exact) mass is 627 g/mol. The van der Waals surface area contributed by atoms with Gasteiger partial charge in [0.25, 0.3) is 0 Å². The summed E-state index contributed by atoms with van der Waals surface area (Å²) in [5.41, 5.74) is 1.01. The number of rotatable bonds is 6. The summed E-state index contributed by atoms with van der Waals surface area (Å²) in [7, 11) is 0. The average molecular weight is 628 g/mol. The van der Waals surface area contributed by atoms with E-state index in [1.807, 2.05) is 0 Å². The van der Waals surface area contributed by atoms with Crippen molar-refractivity contribution < 1.29 is 33.6 Å². The van der Waals surface area contributed by atoms with Crippen LogP contribution in [0.15, 0.2) is 0 Å². The summed E-state index contributed by atoms with van der Waals surface area (Å²) in [4.78, 5) is 14.9. The second kappa shape index (κ2) is 10.6. The zero-order chi connectivity index (χ0) is 30.8. The predicted octanol–water partition coefficient (Wildman–Crippen LogP) is 4.95. The number of morpholine rings is 1. The van der Waals surface area contributed by atoms with Crippen LogP contribution in [-0.2, 0) is 28.5 Å². The van der Waals surface area contributed by atoms with Gasteiger partial charge in [0.05, 0.1) is 62.7 Å². The molecule has 3 saturated heterocycles. The van der Waals surface area contributed by atoms with Gasteiger partial charge in [0.1, 0.15) is 6.61 Å². The fraction of sp³-hybridized carbons (Fsp3) is 0.973. The molecule has 0 amide bonds. The third kappa shape index (κ3) is 4.33. The summed E-state index contributed by atoms with van der Waals surface area (Å²) in [6.45, 7) is 12.1. The first-order chi connectivity index (χ1) is 21.7. The highest BCUT2D eigenvalue weighted by molar-refractivity contribution is 5.73. The van der Waals surface area contributed by atoms with Crippen molar-refractivity contribution >= 4 is 5.97 Å². The molecule has 6 saturated carbocycles. The maximum absolute atomic E-state index is 12.4. The molecule has 0 radical (unpaired) electrons. The maximum Gasteiger partial charge on any atom is 0.309 e. The average Bonchev–Trinajstić information content (AvgIpc) is 3.57. The fourth-order valence-electron chi connectivity index (χ4n) is 13.3. The molecule has 0 aromatic carbocycles. The van der Waals surface area contributed by atoms with Crippen molar-refractivity contribution in [2.75, 3.05) is 39.5 Å². The molecule has 2 spiro atoms. The Labute approximate surface area is 269 Å². The number of carbonyl (C=O) groups is 1. The van der Waals surface area contributed by atoms with Crippen LogP contribution in [0.1, 0.15) is 97.8 Å². The quantitative estimate of drug-likeness (QED) is 0.414. The molecule has 12 atom stereocenters. The molecule has 252 valence electrons. The first-order valence-corrected chi connectivity index (χ1v) is 18.8. The Morgan fingerprint density at radius 1 is 0.956 bits per heavy atom. The Hall–Kier alpha value is -0.770. The number of aliphatic hydroxyl groups excluding tert-OH is 1. The van der Waals surface area contributed by atoms with Crippen molar-refractivity contribution in [3.05, 3.63) is 0 Å². The second-order valence-electron chi connectivity index (χ2n) is 17.9. The highest BCUT2D eigenvalue weighted by Gasteiger charge is 2.81. The lowest BCUT2D eigenvalue weighted by atomic mass is 9.46. The minimum atomic E-state index is -0.415. The summed E-state index contributed by atoms with van der Waals surface area (Å²) in [6, 6.07) is 0.529. The first-order valence-electron chi connectivity index (χ1n) is 18.8. The van der Waals surface area contributed by atoms with Crippen molar-refractivity contribution in [2.24, 2.45) is 51.2 Å². The molecule has 9 aliphatic rings. The minimum absolute atomic E-state index is 0.0441. The van der Waals surface area contributed by atoms with Gasteiger partial charge in [0.2, 0.25) is 0 Å². The van der Waals surface area contributed by atoms with E-state index in [1.54, 1.807) is 0 Å². The molecule has 8 nitrogen and oxygen atoms in total. The maximum atomic E-state index is 12.4. The van der Waals surface area contributed by atoms with Crippen LogP contribution in [0.4, 0.5) is 0 Å². The topological polar surface area (TPSA) is 86.7 Å². The zero-order valence-corrected chi connectivity index (χ0v) is 27.9. The summed E-state index contributed by atoms with van der Waals surface area (Å²) in [6.07, 6.45) is 13.2. The van der Waals surface area contributed by atoms with Crippen LogP contribution in [0.5, 0.6) is 0 Å². The molecule has 8 heteroatoms. The number of esters is 1. The fourth-order valence-corrected chi connectivity index (χ4v) is 13.3. The van der Waals surface area contributed by atoms with E-state index in [0.717, 1.165) is 71.4 Å². The van der Waals surface area contributed by atoms with Crippen molar-refractivity contribution in [3.63, 3.8) is 0 Å². The zero-order valence-electron chi connectivity index (χ0n) is 27.9. The summed E-state index contributed by atoms with van der Waals surface area (Å²) < 4.78 is 30.9. The normalized spacial score (nSPS) is 52.2. The largest absolute Gasteiger partial charge is 0.463 e. The Balaban J connectivity index is 0.883. The van der Waals surface area contributed by atoms with Gasteiger partial charge in [-0.3, -0.25) is 9.69 Å². The summed E-state index contributed by atoms with van der Waals surface area (Å²) >= 11 is 0. The van der Waals surface area contributed by atoms with E-state index in [4.69, 9.17) is 23.7 Å². The van der Waals surface area contributed by atoms with Crippen molar-refractivity contribution in [3.8, 4) is 0 Å².